The van der Waals surface area contributed by atoms with Gasteiger partial charge in [0.25, 0.3) is 0 Å². The van der Waals surface area contributed by atoms with Gasteiger partial charge in [0, 0.05) is 22.6 Å². The number of benzene rings is 2. The fourth-order valence-electron chi connectivity index (χ4n) is 2.63. The normalized spacial score (nSPS) is 11.7. The number of aryl methyl sites for hydroxylation is 1. The van der Waals surface area contributed by atoms with Gasteiger partial charge >= 0.3 is 6.09 Å². The topological polar surface area (TPSA) is 60.5 Å². The van der Waals surface area contributed by atoms with E-state index in [9.17, 15) is 4.79 Å². The van der Waals surface area contributed by atoms with Gasteiger partial charge in [-0.15, -0.1) is 11.3 Å². The van der Waals surface area contributed by atoms with Crippen LogP contribution in [0.4, 0.5) is 4.79 Å². The van der Waals surface area contributed by atoms with Crippen molar-refractivity contribution in [3.05, 3.63) is 81.8 Å². The Bertz CT molecular complexity index is 898. The van der Waals surface area contributed by atoms with Crippen molar-refractivity contribution in [1.82, 2.24) is 10.3 Å². The van der Waals surface area contributed by atoms with Gasteiger partial charge in [0.15, 0.2) is 0 Å². The molecule has 1 atom stereocenters. The minimum atomic E-state index is -0.434. The van der Waals surface area contributed by atoms with Crippen LogP contribution in [0.2, 0.25) is 0 Å². The lowest BCUT2D eigenvalue weighted by Crippen LogP contribution is -2.30. The van der Waals surface area contributed by atoms with E-state index in [1.54, 1.807) is 30.2 Å². The van der Waals surface area contributed by atoms with E-state index in [-0.39, 0.29) is 12.6 Å². The van der Waals surface area contributed by atoms with Gasteiger partial charge in [0.2, 0.25) is 0 Å². The van der Waals surface area contributed by atoms with Gasteiger partial charge in [-0.25, -0.2) is 9.78 Å². The Morgan fingerprint density at radius 2 is 1.90 bits per heavy atom. The number of thioether (sulfide) groups is 1. The molecule has 0 saturated heterocycles. The van der Waals surface area contributed by atoms with E-state index >= 15 is 0 Å². The average Bonchev–Trinajstić information content (AvgIpc) is 3.19. The van der Waals surface area contributed by atoms with Gasteiger partial charge in [-0.05, 0) is 30.2 Å². The van der Waals surface area contributed by atoms with Gasteiger partial charge in [-0.1, -0.05) is 42.5 Å². The first-order valence-electron chi connectivity index (χ1n) is 9.24. The SMILES string of the molecule is COc1ccc(CSCC(NC(=O)OCc2ccccc2)c2nc(C)cs2)cc1. The Hall–Kier alpha value is -2.51. The van der Waals surface area contributed by atoms with Crippen LogP contribution < -0.4 is 10.1 Å². The second-order valence-electron chi connectivity index (χ2n) is 6.45. The summed E-state index contributed by atoms with van der Waals surface area (Å²) in [5, 5.41) is 5.85. The standard InChI is InChI=1S/C22H24N2O3S2/c1-16-13-29-21(23-16)20(15-28-14-18-8-10-19(26-2)11-9-18)24-22(25)27-12-17-6-4-3-5-7-17/h3-11,13,20H,12,14-15H2,1-2H3,(H,24,25). The molecule has 0 spiro atoms. The highest BCUT2D eigenvalue weighted by atomic mass is 32.2. The number of carbonyl (C=O) groups is 1. The van der Waals surface area contributed by atoms with Crippen molar-refractivity contribution in [2.45, 2.75) is 25.3 Å². The zero-order valence-electron chi connectivity index (χ0n) is 16.5. The molecule has 0 saturated carbocycles. The molecule has 0 radical (unpaired) electrons. The number of carbonyl (C=O) groups excluding carboxylic acids is 1. The Kier molecular flexibility index (Phi) is 7.95. The fraction of sp³-hybridized carbons (Fsp3) is 0.273. The maximum Gasteiger partial charge on any atom is 0.408 e. The Morgan fingerprint density at radius 3 is 2.55 bits per heavy atom. The third-order valence-corrected chi connectivity index (χ3v) is 6.33. The molecule has 0 fully saturated rings. The molecule has 3 aromatic rings. The number of thiazole rings is 1. The Labute approximate surface area is 179 Å². The monoisotopic (exact) mass is 428 g/mol. The summed E-state index contributed by atoms with van der Waals surface area (Å²) in [6.45, 7) is 2.20. The lowest BCUT2D eigenvalue weighted by atomic mass is 10.2. The highest BCUT2D eigenvalue weighted by Gasteiger charge is 2.19. The molecule has 1 amide bonds. The summed E-state index contributed by atoms with van der Waals surface area (Å²) in [6.07, 6.45) is -0.434. The van der Waals surface area contributed by atoms with E-state index in [0.717, 1.165) is 27.8 Å². The summed E-state index contributed by atoms with van der Waals surface area (Å²) >= 11 is 3.30. The van der Waals surface area contributed by atoms with Gasteiger partial charge in [0.1, 0.15) is 17.4 Å². The summed E-state index contributed by atoms with van der Waals surface area (Å²) in [7, 11) is 1.66. The molecule has 1 unspecified atom stereocenters. The van der Waals surface area contributed by atoms with Crippen LogP contribution in [0.25, 0.3) is 0 Å². The first kappa shape index (κ1) is 21.2. The highest BCUT2D eigenvalue weighted by molar-refractivity contribution is 7.98. The van der Waals surface area contributed by atoms with Gasteiger partial charge in [-0.2, -0.15) is 11.8 Å². The molecule has 0 aliphatic heterocycles. The zero-order chi connectivity index (χ0) is 20.5. The molecule has 1 N–H and O–H groups in total. The lowest BCUT2D eigenvalue weighted by Gasteiger charge is -2.16. The quantitative estimate of drug-likeness (QED) is 0.497. The summed E-state index contributed by atoms with van der Waals surface area (Å²) < 4.78 is 10.6. The summed E-state index contributed by atoms with van der Waals surface area (Å²) in [5.41, 5.74) is 3.12. The van der Waals surface area contributed by atoms with Crippen LogP contribution in [-0.4, -0.2) is 23.9 Å². The molecular weight excluding hydrogens is 404 g/mol. The predicted octanol–water partition coefficient (Wildman–Crippen LogP) is 5.36. The number of nitrogens with zero attached hydrogens (tertiary/aromatic N) is 1. The number of aromatic nitrogens is 1. The van der Waals surface area contributed by atoms with Crippen LogP contribution in [0, 0.1) is 6.92 Å². The van der Waals surface area contributed by atoms with E-state index in [1.165, 1.54) is 5.56 Å². The van der Waals surface area contributed by atoms with Crippen LogP contribution in [0.1, 0.15) is 27.9 Å². The molecule has 7 heteroatoms. The molecule has 1 heterocycles. The maximum atomic E-state index is 12.3. The number of ether oxygens (including phenoxy) is 2. The zero-order valence-corrected chi connectivity index (χ0v) is 18.1. The van der Waals surface area contributed by atoms with Crippen molar-refractivity contribution in [3.63, 3.8) is 0 Å². The largest absolute Gasteiger partial charge is 0.497 e. The molecule has 29 heavy (non-hydrogen) atoms. The second kappa shape index (κ2) is 10.9. The number of amides is 1. The molecule has 0 aliphatic rings. The van der Waals surface area contributed by atoms with Crippen molar-refractivity contribution in [1.29, 1.82) is 0 Å². The first-order chi connectivity index (χ1) is 14.1. The number of rotatable bonds is 9. The molecule has 152 valence electrons. The lowest BCUT2D eigenvalue weighted by molar-refractivity contribution is 0.136. The smallest absolute Gasteiger partial charge is 0.408 e. The molecule has 0 bridgehead atoms. The van der Waals surface area contributed by atoms with Crippen LogP contribution in [0.5, 0.6) is 5.75 Å². The van der Waals surface area contributed by atoms with Crippen molar-refractivity contribution < 1.29 is 14.3 Å². The van der Waals surface area contributed by atoms with Crippen molar-refractivity contribution >= 4 is 29.2 Å². The van der Waals surface area contributed by atoms with E-state index < -0.39 is 6.09 Å². The minimum absolute atomic E-state index is 0.194. The van der Waals surface area contributed by atoms with E-state index in [2.05, 4.69) is 22.4 Å². The third-order valence-electron chi connectivity index (χ3n) is 4.15. The number of alkyl carbamates (subject to hydrolysis) is 1. The molecule has 1 aromatic heterocycles. The van der Waals surface area contributed by atoms with Crippen LogP contribution in [-0.2, 0) is 17.1 Å². The van der Waals surface area contributed by atoms with Gasteiger partial charge in [-0.3, -0.25) is 0 Å². The van der Waals surface area contributed by atoms with Crippen molar-refractivity contribution in [2.75, 3.05) is 12.9 Å². The number of hydrogen-bond donors (Lipinski definition) is 1. The fourth-order valence-corrected chi connectivity index (χ4v) is 4.61. The van der Waals surface area contributed by atoms with E-state index in [1.807, 2.05) is 54.8 Å². The Balaban J connectivity index is 1.55. The summed E-state index contributed by atoms with van der Waals surface area (Å²) in [5.74, 6) is 2.39. The van der Waals surface area contributed by atoms with Crippen LogP contribution in [0.3, 0.4) is 0 Å². The van der Waals surface area contributed by atoms with E-state index in [4.69, 9.17) is 9.47 Å². The molecule has 0 aliphatic carbocycles. The van der Waals surface area contributed by atoms with Crippen molar-refractivity contribution in [3.8, 4) is 5.75 Å². The van der Waals surface area contributed by atoms with E-state index in [0.29, 0.717) is 5.75 Å². The predicted molar refractivity (Wildman–Crippen MR) is 119 cm³/mol. The van der Waals surface area contributed by atoms with Crippen LogP contribution in [0.15, 0.2) is 60.0 Å². The molecule has 3 rings (SSSR count). The molecule has 5 nitrogen and oxygen atoms in total. The maximum absolute atomic E-state index is 12.3. The number of methoxy groups -OCH3 is 1. The number of nitrogens with one attached hydrogen (secondary N) is 1. The van der Waals surface area contributed by atoms with Gasteiger partial charge in [0.05, 0.1) is 13.2 Å². The third kappa shape index (κ3) is 6.80. The summed E-state index contributed by atoms with van der Waals surface area (Å²) in [4.78, 5) is 16.9. The van der Waals surface area contributed by atoms with Crippen LogP contribution >= 0.6 is 23.1 Å². The highest BCUT2D eigenvalue weighted by Crippen LogP contribution is 2.25. The number of hydrogen-bond acceptors (Lipinski definition) is 6. The summed E-state index contributed by atoms with van der Waals surface area (Å²) in [6, 6.07) is 17.5. The minimum Gasteiger partial charge on any atom is -0.497 e. The molecular formula is C22H24N2O3S2. The molecule has 2 aromatic carbocycles. The Morgan fingerprint density at radius 1 is 1.14 bits per heavy atom. The second-order valence-corrected chi connectivity index (χ2v) is 8.37. The average molecular weight is 429 g/mol. The van der Waals surface area contributed by atoms with Crippen molar-refractivity contribution in [2.24, 2.45) is 0 Å². The van der Waals surface area contributed by atoms with Gasteiger partial charge < -0.3 is 14.8 Å². The first-order valence-corrected chi connectivity index (χ1v) is 11.3.